The highest BCUT2D eigenvalue weighted by Gasteiger charge is 2.36. The Hall–Kier alpha value is -2.66. The Balaban J connectivity index is 2.45. The molecular weight excluding hydrogens is 260 g/mol. The number of allylic oxidation sites excluding steroid dienone is 3. The minimum Gasteiger partial charge on any atom is -0.507 e. The monoisotopic (exact) mass is 274 g/mol. The van der Waals surface area contributed by atoms with Gasteiger partial charge in [0.15, 0.2) is 11.6 Å². The average molecular weight is 274 g/mol. The summed E-state index contributed by atoms with van der Waals surface area (Å²) in [6, 6.07) is -2.72. The fourth-order valence-corrected chi connectivity index (χ4v) is 2.17. The fraction of sp³-hybridized carbons (Fsp3) is 0.0667. The number of phenols is 1. The summed E-state index contributed by atoms with van der Waals surface area (Å²) in [6.45, 7) is -0.670. The molecule has 0 radical (unpaired) electrons. The van der Waals surface area contributed by atoms with E-state index in [-0.39, 0.29) is 11.1 Å². The maximum Gasteiger partial charge on any atom is 0.194 e. The first-order valence-electron chi connectivity index (χ1n) is 7.60. The third-order valence-corrected chi connectivity index (χ3v) is 3.06. The molecule has 20 heavy (non-hydrogen) atoms. The summed E-state index contributed by atoms with van der Waals surface area (Å²) < 4.78 is 30.7. The number of fused-ring (bicyclic) bond motifs is 2. The van der Waals surface area contributed by atoms with Crippen molar-refractivity contribution in [2.45, 2.75) is 0 Å². The Morgan fingerprint density at radius 1 is 1.20 bits per heavy atom. The van der Waals surface area contributed by atoms with Crippen LogP contribution in [0.2, 0.25) is 0 Å². The number of ketones is 2. The molecule has 100 valence electrons. The van der Waals surface area contributed by atoms with Gasteiger partial charge in [-0.15, -0.1) is 0 Å². The Bertz CT molecular complexity index is 940. The van der Waals surface area contributed by atoms with Gasteiger partial charge >= 0.3 is 0 Å². The molecular formula is C15H10O5. The van der Waals surface area contributed by atoms with Gasteiger partial charge in [-0.3, -0.25) is 9.59 Å². The van der Waals surface area contributed by atoms with Gasteiger partial charge in [-0.2, -0.15) is 0 Å². The maximum absolute atomic E-state index is 12.6. The number of hydrogen-bond donors (Lipinski definition) is 3. The predicted molar refractivity (Wildman–Crippen MR) is 70.2 cm³/mol. The standard InChI is InChI=1S/C15H10O5/c16-6-7-4-9-13(11(18)5-7)15(20)12-8(14(9)19)2-1-3-10(12)17/h1-5,16-17,20H,6H2/i1D,2D,3D,5D. The maximum atomic E-state index is 12.6. The van der Waals surface area contributed by atoms with E-state index in [0.717, 1.165) is 6.08 Å². The largest absolute Gasteiger partial charge is 0.507 e. The number of carbonyl (C=O) groups excluding carboxylic acids is 2. The van der Waals surface area contributed by atoms with Crippen molar-refractivity contribution in [1.82, 2.24) is 0 Å². The zero-order chi connectivity index (χ0) is 17.9. The second kappa shape index (κ2) is 4.18. The molecule has 0 atom stereocenters. The fourth-order valence-electron chi connectivity index (χ4n) is 2.17. The van der Waals surface area contributed by atoms with Crippen molar-refractivity contribution in [3.05, 3.63) is 58.1 Å². The smallest absolute Gasteiger partial charge is 0.194 e. The lowest BCUT2D eigenvalue weighted by atomic mass is 9.80. The lowest BCUT2D eigenvalue weighted by Gasteiger charge is -2.23. The van der Waals surface area contributed by atoms with Crippen LogP contribution < -0.4 is 0 Å². The van der Waals surface area contributed by atoms with Crippen LogP contribution >= 0.6 is 0 Å². The number of phenolic OH excluding ortho intramolecular Hbond substituents is 1. The lowest BCUT2D eigenvalue weighted by molar-refractivity contribution is -0.111. The number of hydrogen-bond acceptors (Lipinski definition) is 5. The number of carbonyl (C=O) groups is 2. The molecule has 0 heterocycles. The van der Waals surface area contributed by atoms with Gasteiger partial charge in [0, 0.05) is 11.1 Å². The Kier molecular flexibility index (Phi) is 1.77. The zero-order valence-electron chi connectivity index (χ0n) is 13.9. The number of aliphatic hydroxyl groups excluding tert-OH is 2. The van der Waals surface area contributed by atoms with Crippen LogP contribution in [-0.2, 0) is 4.79 Å². The molecule has 5 heteroatoms. The molecule has 0 bridgehead atoms. The van der Waals surface area contributed by atoms with E-state index < -0.39 is 70.6 Å². The normalized spacial score (nSPS) is 20.8. The van der Waals surface area contributed by atoms with E-state index in [1.165, 1.54) is 0 Å². The molecule has 0 aromatic heterocycles. The van der Waals surface area contributed by atoms with E-state index in [1.54, 1.807) is 0 Å². The van der Waals surface area contributed by atoms with Gasteiger partial charge < -0.3 is 15.3 Å². The van der Waals surface area contributed by atoms with Crippen molar-refractivity contribution in [2.24, 2.45) is 0 Å². The van der Waals surface area contributed by atoms with Crippen molar-refractivity contribution >= 4 is 17.3 Å². The first kappa shape index (κ1) is 8.50. The third-order valence-electron chi connectivity index (χ3n) is 3.06. The van der Waals surface area contributed by atoms with Crippen LogP contribution in [0.25, 0.3) is 5.76 Å². The van der Waals surface area contributed by atoms with E-state index in [2.05, 4.69) is 0 Å². The molecule has 0 saturated heterocycles. The van der Waals surface area contributed by atoms with Crippen molar-refractivity contribution in [1.29, 1.82) is 0 Å². The predicted octanol–water partition coefficient (Wildman–Crippen LogP) is 1.29. The summed E-state index contributed by atoms with van der Waals surface area (Å²) in [5.74, 6) is -3.64. The van der Waals surface area contributed by atoms with Gasteiger partial charge in [0.05, 0.1) is 23.2 Å². The quantitative estimate of drug-likeness (QED) is 0.717. The molecule has 0 unspecified atom stereocenters. The first-order chi connectivity index (χ1) is 11.2. The SMILES string of the molecule is [2H]C1=C(CO)C=C2C(=O)c3c([2H])c([2H])c([2H])c(O)c3C(O)=C2C1=O. The zero-order valence-corrected chi connectivity index (χ0v) is 9.94. The lowest BCUT2D eigenvalue weighted by Crippen LogP contribution is -2.23. The summed E-state index contributed by atoms with van der Waals surface area (Å²) in [6.07, 6.45) is 1.06. The Morgan fingerprint density at radius 3 is 2.65 bits per heavy atom. The number of rotatable bonds is 1. The minimum absolute atomic E-state index is 0.123. The molecule has 5 nitrogen and oxygen atoms in total. The summed E-state index contributed by atoms with van der Waals surface area (Å²) in [5, 5.41) is 29.6. The van der Waals surface area contributed by atoms with E-state index in [1.807, 2.05) is 0 Å². The van der Waals surface area contributed by atoms with Crippen LogP contribution in [0.4, 0.5) is 0 Å². The van der Waals surface area contributed by atoms with Crippen LogP contribution in [0, 0.1) is 0 Å². The molecule has 1 aromatic rings. The summed E-state index contributed by atoms with van der Waals surface area (Å²) >= 11 is 0. The molecule has 0 aliphatic heterocycles. The number of benzene rings is 1. The Labute approximate surface area is 119 Å². The van der Waals surface area contributed by atoms with Crippen molar-refractivity contribution in [3.63, 3.8) is 0 Å². The third kappa shape index (κ3) is 1.53. The number of aliphatic hydroxyl groups is 2. The molecule has 0 saturated carbocycles. The highest BCUT2D eigenvalue weighted by atomic mass is 16.3. The van der Waals surface area contributed by atoms with Crippen molar-refractivity contribution in [2.75, 3.05) is 6.61 Å². The molecule has 1 aromatic carbocycles. The summed E-state index contributed by atoms with van der Waals surface area (Å²) in [7, 11) is 0. The molecule has 3 rings (SSSR count). The molecule has 2 aliphatic rings. The molecule has 3 N–H and O–H groups in total. The van der Waals surface area contributed by atoms with Crippen LogP contribution in [-0.4, -0.2) is 33.5 Å². The van der Waals surface area contributed by atoms with Crippen LogP contribution in [0.3, 0.4) is 0 Å². The second-order valence-electron chi connectivity index (χ2n) is 4.22. The highest BCUT2D eigenvalue weighted by molar-refractivity contribution is 6.29. The minimum atomic E-state index is -1.01. The van der Waals surface area contributed by atoms with Gasteiger partial charge in [0.25, 0.3) is 0 Å². The summed E-state index contributed by atoms with van der Waals surface area (Å²) in [5.41, 5.74) is -2.04. The van der Waals surface area contributed by atoms with Gasteiger partial charge in [-0.25, -0.2) is 0 Å². The first-order valence-corrected chi connectivity index (χ1v) is 5.60. The van der Waals surface area contributed by atoms with Crippen LogP contribution in [0.15, 0.2) is 47.0 Å². The molecule has 0 amide bonds. The van der Waals surface area contributed by atoms with Crippen LogP contribution in [0.5, 0.6) is 5.75 Å². The Morgan fingerprint density at radius 2 is 1.95 bits per heavy atom. The van der Waals surface area contributed by atoms with Crippen LogP contribution in [0.1, 0.15) is 21.4 Å². The van der Waals surface area contributed by atoms with Gasteiger partial charge in [-0.05, 0) is 23.7 Å². The van der Waals surface area contributed by atoms with E-state index in [4.69, 9.17) is 5.48 Å². The van der Waals surface area contributed by atoms with E-state index in [9.17, 15) is 24.9 Å². The van der Waals surface area contributed by atoms with Crippen molar-refractivity contribution in [3.8, 4) is 5.75 Å². The topological polar surface area (TPSA) is 94.8 Å². The average Bonchev–Trinajstić information content (AvgIpc) is 2.56. The van der Waals surface area contributed by atoms with Gasteiger partial charge in [0.2, 0.25) is 0 Å². The number of Topliss-reactive ketones (excluding diaryl/α,β-unsaturated/α-hetero) is 1. The van der Waals surface area contributed by atoms with Gasteiger partial charge in [-0.1, -0.05) is 12.1 Å². The van der Waals surface area contributed by atoms with Gasteiger partial charge in [0.1, 0.15) is 11.5 Å². The molecule has 0 fully saturated rings. The molecule has 2 aliphatic carbocycles. The number of aromatic hydroxyl groups is 1. The highest BCUT2D eigenvalue weighted by Crippen LogP contribution is 2.40. The van der Waals surface area contributed by atoms with E-state index in [0.29, 0.717) is 0 Å². The summed E-state index contributed by atoms with van der Waals surface area (Å²) in [4.78, 5) is 24.9. The van der Waals surface area contributed by atoms with Crippen molar-refractivity contribution < 1.29 is 30.4 Å². The molecule has 0 spiro atoms. The van der Waals surface area contributed by atoms with E-state index >= 15 is 0 Å². The second-order valence-corrected chi connectivity index (χ2v) is 4.22.